The molecular formula is C18H15NaO9PS3. The molecule has 14 heteroatoms. The van der Waals surface area contributed by atoms with Crippen molar-refractivity contribution in [3.05, 3.63) is 72.8 Å². The Labute approximate surface area is 208 Å². The summed E-state index contributed by atoms with van der Waals surface area (Å²) in [6, 6.07) is 15.7. The van der Waals surface area contributed by atoms with E-state index in [4.69, 9.17) is 0 Å². The zero-order valence-electron chi connectivity index (χ0n) is 16.4. The van der Waals surface area contributed by atoms with Crippen LogP contribution in [0.15, 0.2) is 87.5 Å². The normalized spacial score (nSPS) is 12.4. The van der Waals surface area contributed by atoms with E-state index in [1.807, 2.05) is 0 Å². The Bertz CT molecular complexity index is 1290. The van der Waals surface area contributed by atoms with Crippen molar-refractivity contribution in [2.75, 3.05) is 0 Å². The third kappa shape index (κ3) is 6.45. The maximum absolute atomic E-state index is 11.6. The van der Waals surface area contributed by atoms with Gasteiger partial charge in [0.05, 0.1) is 14.7 Å². The molecule has 165 valence electrons. The topological polar surface area (TPSA) is 163 Å². The van der Waals surface area contributed by atoms with E-state index < -0.39 is 53.0 Å². The Morgan fingerprint density at radius 2 is 0.750 bits per heavy atom. The first kappa shape index (κ1) is 27.1. The number of hydrogen-bond acceptors (Lipinski definition) is 6. The van der Waals surface area contributed by atoms with Gasteiger partial charge in [-0.25, -0.2) is 0 Å². The smallest absolute Gasteiger partial charge is 0.282 e. The Kier molecular flexibility index (Phi) is 8.44. The van der Waals surface area contributed by atoms with Crippen molar-refractivity contribution in [3.63, 3.8) is 0 Å². The van der Waals surface area contributed by atoms with Gasteiger partial charge in [0.2, 0.25) is 0 Å². The maximum atomic E-state index is 11.6. The fraction of sp³-hybridized carbons (Fsp3) is 0. The molecule has 0 amide bonds. The largest absolute Gasteiger partial charge is 0.294 e. The molecule has 32 heavy (non-hydrogen) atoms. The van der Waals surface area contributed by atoms with Crippen molar-refractivity contribution < 1.29 is 38.9 Å². The summed E-state index contributed by atoms with van der Waals surface area (Å²) >= 11 is 0. The Balaban J connectivity index is 0.00000363. The molecule has 3 N–H and O–H groups in total. The summed E-state index contributed by atoms with van der Waals surface area (Å²) in [5.41, 5.74) is 0. The molecule has 0 saturated carbocycles. The summed E-state index contributed by atoms with van der Waals surface area (Å²) < 4.78 is 97.7. The quantitative estimate of drug-likeness (QED) is 0.240. The minimum absolute atomic E-state index is 0. The summed E-state index contributed by atoms with van der Waals surface area (Å²) in [5.74, 6) is 0. The molecule has 0 aromatic heterocycles. The van der Waals surface area contributed by atoms with Crippen LogP contribution in [0, 0.1) is 0 Å². The zero-order valence-corrected chi connectivity index (χ0v) is 21.7. The van der Waals surface area contributed by atoms with Crippen LogP contribution in [-0.2, 0) is 30.4 Å². The van der Waals surface area contributed by atoms with Gasteiger partial charge in [-0.15, -0.1) is 0 Å². The second-order valence-corrected chi connectivity index (χ2v) is 12.7. The van der Waals surface area contributed by atoms with Crippen molar-refractivity contribution in [2.24, 2.45) is 0 Å². The van der Waals surface area contributed by atoms with Crippen molar-refractivity contribution in [1.82, 2.24) is 0 Å². The van der Waals surface area contributed by atoms with E-state index in [9.17, 15) is 38.9 Å². The average molecular weight is 525 g/mol. The predicted molar refractivity (Wildman–Crippen MR) is 120 cm³/mol. The van der Waals surface area contributed by atoms with Gasteiger partial charge in [-0.2, -0.15) is 25.3 Å². The van der Waals surface area contributed by atoms with Crippen molar-refractivity contribution >= 4 is 83.7 Å². The monoisotopic (exact) mass is 525 g/mol. The van der Waals surface area contributed by atoms with E-state index in [0.717, 1.165) is 18.2 Å². The van der Waals surface area contributed by atoms with Crippen molar-refractivity contribution in [2.45, 2.75) is 14.7 Å². The minimum atomic E-state index is -4.55. The minimum Gasteiger partial charge on any atom is -0.282 e. The van der Waals surface area contributed by atoms with Crippen LogP contribution in [0.2, 0.25) is 0 Å². The number of benzene rings is 3. The third-order valence-corrected chi connectivity index (χ3v) is 9.05. The number of rotatable bonds is 6. The molecule has 1 radical (unpaired) electrons. The SMILES string of the molecule is O=S(=O)(O)c1cccc(P(c2cccc(S(=O)(=O)O)c2)c2cccc(S(=O)(=O)O)c2)c1.[Na]. The molecule has 9 nitrogen and oxygen atoms in total. The molecule has 0 fully saturated rings. The molecule has 0 aliphatic carbocycles. The summed E-state index contributed by atoms with van der Waals surface area (Å²) in [6.07, 6.45) is 0. The van der Waals surface area contributed by atoms with Crippen LogP contribution in [0.5, 0.6) is 0 Å². The molecule has 0 unspecified atom stereocenters. The van der Waals surface area contributed by atoms with Crippen LogP contribution in [-0.4, -0.2) is 68.5 Å². The second kappa shape index (κ2) is 9.98. The van der Waals surface area contributed by atoms with E-state index in [-0.39, 0.29) is 29.6 Å². The Morgan fingerprint density at radius 3 is 0.969 bits per heavy atom. The van der Waals surface area contributed by atoms with Crippen LogP contribution >= 0.6 is 7.92 Å². The van der Waals surface area contributed by atoms with E-state index >= 15 is 0 Å². The molecule has 3 rings (SSSR count). The van der Waals surface area contributed by atoms with Crippen LogP contribution in [0.4, 0.5) is 0 Å². The van der Waals surface area contributed by atoms with Crippen LogP contribution < -0.4 is 15.9 Å². The van der Waals surface area contributed by atoms with E-state index in [0.29, 0.717) is 15.9 Å². The molecule has 0 aliphatic heterocycles. The zero-order chi connectivity index (χ0) is 23.0. The molecule has 3 aromatic rings. The van der Waals surface area contributed by atoms with Gasteiger partial charge in [0.15, 0.2) is 0 Å². The molecule has 0 saturated heterocycles. The van der Waals surface area contributed by atoms with E-state index in [1.54, 1.807) is 0 Å². The summed E-state index contributed by atoms with van der Waals surface area (Å²) in [5, 5.41) is 1.01. The fourth-order valence-corrected chi connectivity index (χ4v) is 7.04. The predicted octanol–water partition coefficient (Wildman–Crippen LogP) is 0.804. The van der Waals surface area contributed by atoms with Crippen molar-refractivity contribution in [3.8, 4) is 0 Å². The first-order valence-corrected chi connectivity index (χ1v) is 14.0. The molecule has 0 spiro atoms. The first-order valence-electron chi connectivity index (χ1n) is 8.30. The molecule has 0 atom stereocenters. The maximum Gasteiger partial charge on any atom is 0.294 e. The third-order valence-electron chi connectivity index (χ3n) is 4.12. The molecule has 3 aromatic carbocycles. The number of hydrogen-bond donors (Lipinski definition) is 3. The van der Waals surface area contributed by atoms with Gasteiger partial charge in [-0.05, 0) is 60.2 Å². The summed E-state index contributed by atoms with van der Waals surface area (Å²) in [4.78, 5) is -1.22. The molecule has 0 heterocycles. The standard InChI is InChI=1S/C18H15O9PS3.Na/c19-29(20,21)16-7-1-4-13(10-16)28(14-5-2-8-17(11-14)30(22,23)24)15-6-3-9-18(12-15)31(25,26)27;/h1-12H,(H,19,20,21)(H,22,23,24)(H,25,26,27);. The van der Waals surface area contributed by atoms with Gasteiger partial charge >= 0.3 is 0 Å². The average Bonchev–Trinajstić information content (AvgIpc) is 2.67. The van der Waals surface area contributed by atoms with Gasteiger partial charge in [0.25, 0.3) is 30.4 Å². The van der Waals surface area contributed by atoms with Crippen LogP contribution in [0.25, 0.3) is 0 Å². The van der Waals surface area contributed by atoms with Gasteiger partial charge in [-0.3, -0.25) is 13.7 Å². The first-order chi connectivity index (χ1) is 14.3. The van der Waals surface area contributed by atoms with Crippen LogP contribution in [0.3, 0.4) is 0 Å². The van der Waals surface area contributed by atoms with Crippen LogP contribution in [0.1, 0.15) is 0 Å². The van der Waals surface area contributed by atoms with E-state index in [1.165, 1.54) is 54.6 Å². The Hall–Kier alpha value is -1.18. The summed E-state index contributed by atoms with van der Waals surface area (Å²) in [6.45, 7) is 0. The second-order valence-electron chi connectivity index (χ2n) is 6.25. The van der Waals surface area contributed by atoms with E-state index in [2.05, 4.69) is 0 Å². The summed E-state index contributed by atoms with van der Waals surface area (Å²) in [7, 11) is -15.4. The van der Waals surface area contributed by atoms with Gasteiger partial charge in [-0.1, -0.05) is 36.4 Å². The fourth-order valence-electron chi connectivity index (χ4n) is 2.80. The molecular weight excluding hydrogens is 510 g/mol. The molecule has 0 aliphatic rings. The van der Waals surface area contributed by atoms with Crippen molar-refractivity contribution in [1.29, 1.82) is 0 Å². The molecule has 0 bridgehead atoms. The van der Waals surface area contributed by atoms with Gasteiger partial charge in [0, 0.05) is 29.6 Å². The van der Waals surface area contributed by atoms with Gasteiger partial charge < -0.3 is 0 Å². The van der Waals surface area contributed by atoms with Gasteiger partial charge in [0.1, 0.15) is 0 Å². The Morgan fingerprint density at radius 1 is 0.500 bits per heavy atom.